The molecule has 2 amide bonds. The van der Waals surface area contributed by atoms with Gasteiger partial charge in [-0.1, -0.05) is 34.1 Å². The molecule has 0 unspecified atom stereocenters. The molecule has 1 aromatic heterocycles. The summed E-state index contributed by atoms with van der Waals surface area (Å²) in [5, 5.41) is 5.55. The number of carbonyl (C=O) groups is 2. The normalized spacial score (nSPS) is 33.5. The SMILES string of the molecule is Cc1cc(/C=N\N2C(=O)[C@@H]3[C@H]4C=C[C@@H]([C@@H]5C[C@H]45)[C@H]3C2=O)c(C)n1-c1cccc(Br)c1. The fourth-order valence-corrected chi connectivity index (χ4v) is 6.49. The minimum Gasteiger partial charge on any atom is -0.318 e. The molecule has 0 radical (unpaired) electrons. The quantitative estimate of drug-likeness (QED) is 0.388. The molecule has 0 spiro atoms. The van der Waals surface area contributed by atoms with E-state index in [1.165, 1.54) is 6.42 Å². The smallest absolute Gasteiger partial charge is 0.254 e. The van der Waals surface area contributed by atoms with Gasteiger partial charge in [-0.15, -0.1) is 0 Å². The molecule has 0 N–H and O–H groups in total. The van der Waals surface area contributed by atoms with Crippen LogP contribution < -0.4 is 0 Å². The number of hydrogen-bond donors (Lipinski definition) is 0. The highest BCUT2D eigenvalue weighted by atomic mass is 79.9. The summed E-state index contributed by atoms with van der Waals surface area (Å²) >= 11 is 3.53. The first-order valence-electron chi connectivity index (χ1n) is 10.5. The van der Waals surface area contributed by atoms with E-state index in [4.69, 9.17) is 0 Å². The number of nitrogens with zero attached hydrogens (tertiary/aromatic N) is 3. The van der Waals surface area contributed by atoms with Gasteiger partial charge in [0.2, 0.25) is 0 Å². The number of amides is 2. The van der Waals surface area contributed by atoms with Crippen molar-refractivity contribution in [2.24, 2.45) is 40.6 Å². The van der Waals surface area contributed by atoms with Crippen molar-refractivity contribution in [1.29, 1.82) is 0 Å². The minimum atomic E-state index is -0.206. The average Bonchev–Trinajstić information content (AvgIpc) is 3.45. The highest BCUT2D eigenvalue weighted by Crippen LogP contribution is 2.65. The minimum absolute atomic E-state index is 0.119. The molecule has 2 aromatic rings. The molecular formula is C24H22BrN3O2. The Labute approximate surface area is 183 Å². The van der Waals surface area contributed by atoms with Gasteiger partial charge in [0.25, 0.3) is 11.8 Å². The van der Waals surface area contributed by atoms with Gasteiger partial charge in [0.05, 0.1) is 18.1 Å². The molecule has 3 fully saturated rings. The zero-order chi connectivity index (χ0) is 20.7. The lowest BCUT2D eigenvalue weighted by molar-refractivity contribution is -0.140. The molecule has 152 valence electrons. The van der Waals surface area contributed by atoms with E-state index in [9.17, 15) is 9.59 Å². The van der Waals surface area contributed by atoms with Crippen LogP contribution in [0.4, 0.5) is 0 Å². The third kappa shape index (κ3) is 2.43. The van der Waals surface area contributed by atoms with E-state index in [0.29, 0.717) is 11.8 Å². The summed E-state index contributed by atoms with van der Waals surface area (Å²) in [6.07, 6.45) is 7.20. The fraction of sp³-hybridized carbons (Fsp3) is 0.375. The monoisotopic (exact) mass is 463 g/mol. The molecule has 4 aliphatic carbocycles. The standard InChI is InChI=1S/C24H22BrN3O2/c1-12-8-14(13(2)27(12)16-5-3-4-15(25)9-16)11-26-28-23(29)21-17-6-7-18(20-10-19(17)20)22(21)24(28)30/h3-9,11,17-22H,10H2,1-2H3/b26-11-/t17-,18-,19-,20+,21+,22+/m0/s1. The van der Waals surface area contributed by atoms with Crippen LogP contribution in [0.1, 0.15) is 23.4 Å². The molecule has 6 atom stereocenters. The summed E-state index contributed by atoms with van der Waals surface area (Å²) in [6, 6.07) is 10.2. The van der Waals surface area contributed by atoms with Gasteiger partial charge in [0, 0.05) is 27.1 Å². The highest BCUT2D eigenvalue weighted by Gasteiger charge is 2.67. The Hall–Kier alpha value is -2.47. The van der Waals surface area contributed by atoms with Gasteiger partial charge in [-0.2, -0.15) is 10.1 Å². The van der Waals surface area contributed by atoms with Crippen LogP contribution >= 0.6 is 15.9 Å². The fourth-order valence-electron chi connectivity index (χ4n) is 6.11. The zero-order valence-electron chi connectivity index (χ0n) is 16.8. The molecule has 30 heavy (non-hydrogen) atoms. The van der Waals surface area contributed by atoms with Crippen LogP contribution in [-0.4, -0.2) is 27.6 Å². The lowest BCUT2D eigenvalue weighted by atomic mass is 9.63. The number of halogens is 1. The Morgan fingerprint density at radius 2 is 1.70 bits per heavy atom. The Balaban J connectivity index is 1.31. The molecule has 1 aliphatic heterocycles. The summed E-state index contributed by atoms with van der Waals surface area (Å²) in [5.41, 5.74) is 4.06. The van der Waals surface area contributed by atoms with Crippen molar-refractivity contribution in [1.82, 2.24) is 9.58 Å². The van der Waals surface area contributed by atoms with Crippen molar-refractivity contribution in [3.05, 3.63) is 63.9 Å². The number of allylic oxidation sites excluding steroid dienone is 2. The van der Waals surface area contributed by atoms with Gasteiger partial charge in [-0.05, 0) is 68.2 Å². The van der Waals surface area contributed by atoms with Crippen LogP contribution in [0.25, 0.3) is 5.69 Å². The van der Waals surface area contributed by atoms with E-state index in [0.717, 1.165) is 32.1 Å². The third-order valence-corrected chi connectivity index (χ3v) is 7.98. The highest BCUT2D eigenvalue weighted by molar-refractivity contribution is 9.10. The molecule has 5 nitrogen and oxygen atoms in total. The van der Waals surface area contributed by atoms with Crippen molar-refractivity contribution < 1.29 is 9.59 Å². The maximum atomic E-state index is 13.1. The summed E-state index contributed by atoms with van der Waals surface area (Å²) in [7, 11) is 0. The first kappa shape index (κ1) is 18.3. The van der Waals surface area contributed by atoms with Crippen LogP contribution in [-0.2, 0) is 9.59 Å². The molecule has 7 rings (SSSR count). The number of imide groups is 1. The summed E-state index contributed by atoms with van der Waals surface area (Å²) in [4.78, 5) is 26.2. The molecular weight excluding hydrogens is 442 g/mol. The molecule has 2 saturated carbocycles. The Morgan fingerprint density at radius 3 is 2.33 bits per heavy atom. The molecule has 1 aromatic carbocycles. The molecule has 2 heterocycles. The van der Waals surface area contributed by atoms with Gasteiger partial charge in [0.15, 0.2) is 0 Å². The van der Waals surface area contributed by atoms with E-state index in [1.54, 1.807) is 6.21 Å². The van der Waals surface area contributed by atoms with Gasteiger partial charge < -0.3 is 4.57 Å². The number of hydrogen-bond acceptors (Lipinski definition) is 3. The van der Waals surface area contributed by atoms with Crippen LogP contribution in [0.3, 0.4) is 0 Å². The second-order valence-corrected chi connectivity index (χ2v) is 9.94. The summed E-state index contributed by atoms with van der Waals surface area (Å²) in [5.74, 6) is 1.01. The predicted molar refractivity (Wildman–Crippen MR) is 117 cm³/mol. The number of hydrazone groups is 1. The van der Waals surface area contributed by atoms with Crippen molar-refractivity contribution >= 4 is 34.0 Å². The van der Waals surface area contributed by atoms with E-state index < -0.39 is 0 Å². The third-order valence-electron chi connectivity index (χ3n) is 7.49. The average molecular weight is 464 g/mol. The number of rotatable bonds is 3. The first-order valence-corrected chi connectivity index (χ1v) is 11.3. The van der Waals surface area contributed by atoms with Crippen molar-refractivity contribution in [2.75, 3.05) is 0 Å². The number of aryl methyl sites for hydroxylation is 1. The lowest BCUT2D eigenvalue weighted by Gasteiger charge is -2.37. The lowest BCUT2D eigenvalue weighted by Crippen LogP contribution is -2.40. The van der Waals surface area contributed by atoms with E-state index in [1.807, 2.05) is 32.0 Å². The van der Waals surface area contributed by atoms with E-state index in [-0.39, 0.29) is 35.5 Å². The summed E-state index contributed by atoms with van der Waals surface area (Å²) in [6.45, 7) is 4.07. The van der Waals surface area contributed by atoms with Crippen LogP contribution in [0, 0.1) is 49.4 Å². The van der Waals surface area contributed by atoms with Crippen LogP contribution in [0.15, 0.2) is 52.1 Å². The zero-order valence-corrected chi connectivity index (χ0v) is 18.4. The largest absolute Gasteiger partial charge is 0.318 e. The molecule has 6 heteroatoms. The Bertz CT molecular complexity index is 1130. The maximum Gasteiger partial charge on any atom is 0.254 e. The number of benzene rings is 1. The van der Waals surface area contributed by atoms with Gasteiger partial charge in [-0.3, -0.25) is 9.59 Å². The van der Waals surface area contributed by atoms with E-state index >= 15 is 0 Å². The Kier molecular flexibility index (Phi) is 3.82. The van der Waals surface area contributed by atoms with Crippen molar-refractivity contribution in [3.63, 3.8) is 0 Å². The maximum absolute atomic E-state index is 13.1. The van der Waals surface area contributed by atoms with Gasteiger partial charge in [0.1, 0.15) is 0 Å². The van der Waals surface area contributed by atoms with Gasteiger partial charge in [-0.25, -0.2) is 0 Å². The number of aromatic nitrogens is 1. The van der Waals surface area contributed by atoms with Crippen molar-refractivity contribution in [2.45, 2.75) is 20.3 Å². The number of carbonyl (C=O) groups excluding carboxylic acids is 2. The van der Waals surface area contributed by atoms with Gasteiger partial charge >= 0.3 is 0 Å². The van der Waals surface area contributed by atoms with E-state index in [2.05, 4.69) is 49.9 Å². The molecule has 2 bridgehead atoms. The Morgan fingerprint density at radius 1 is 1.03 bits per heavy atom. The second kappa shape index (κ2) is 6.27. The molecule has 1 saturated heterocycles. The van der Waals surface area contributed by atoms with Crippen molar-refractivity contribution in [3.8, 4) is 5.69 Å². The predicted octanol–water partition coefficient (Wildman–Crippen LogP) is 4.24. The molecule has 5 aliphatic rings. The topological polar surface area (TPSA) is 54.7 Å². The van der Waals surface area contributed by atoms with Crippen LogP contribution in [0.5, 0.6) is 0 Å². The second-order valence-electron chi connectivity index (χ2n) is 9.03. The van der Waals surface area contributed by atoms with Crippen LogP contribution in [0.2, 0.25) is 0 Å². The summed E-state index contributed by atoms with van der Waals surface area (Å²) < 4.78 is 3.16. The first-order chi connectivity index (χ1) is 14.5.